The summed E-state index contributed by atoms with van der Waals surface area (Å²) < 4.78 is 5.45. The van der Waals surface area contributed by atoms with E-state index in [2.05, 4.69) is 20.8 Å². The Hall–Kier alpha value is -0.760. The highest BCUT2D eigenvalue weighted by molar-refractivity contribution is 7.15. The molecule has 0 atom stereocenters. The summed E-state index contributed by atoms with van der Waals surface area (Å²) in [7, 11) is 1.59. The van der Waals surface area contributed by atoms with Gasteiger partial charge in [-0.2, -0.15) is 0 Å². The number of nitrogens with one attached hydrogen (secondary N) is 2. The van der Waals surface area contributed by atoms with Crippen LogP contribution in [0.1, 0.15) is 24.8 Å². The van der Waals surface area contributed by atoms with E-state index in [9.17, 15) is 4.79 Å². The highest BCUT2D eigenvalue weighted by Crippen LogP contribution is 2.25. The third-order valence-electron chi connectivity index (χ3n) is 3.21. The van der Waals surface area contributed by atoms with Crippen molar-refractivity contribution in [3.8, 4) is 0 Å². The molecule has 1 amide bonds. The number of hydrogen-bond donors (Lipinski definition) is 2. The van der Waals surface area contributed by atoms with Crippen molar-refractivity contribution in [1.29, 1.82) is 0 Å². The van der Waals surface area contributed by atoms with Crippen LogP contribution in [0.25, 0.3) is 0 Å². The smallest absolute Gasteiger partial charge is 0.258 e. The lowest BCUT2D eigenvalue weighted by Gasteiger charge is -2.34. The van der Waals surface area contributed by atoms with Crippen LogP contribution in [-0.4, -0.2) is 41.9 Å². The SMILES string of the molecule is CCc1nnc(NC(=O)C2(OC)CCNCC2)s1.Cl. The molecule has 2 N–H and O–H groups in total. The maximum absolute atomic E-state index is 12.3. The molecule has 19 heavy (non-hydrogen) atoms. The van der Waals surface area contributed by atoms with Gasteiger partial charge in [-0.05, 0) is 32.4 Å². The van der Waals surface area contributed by atoms with Crippen molar-refractivity contribution in [2.45, 2.75) is 31.8 Å². The fourth-order valence-electron chi connectivity index (χ4n) is 2.01. The first-order valence-corrected chi connectivity index (χ1v) is 6.91. The Labute approximate surface area is 122 Å². The second-order valence-corrected chi connectivity index (χ2v) is 5.32. The van der Waals surface area contributed by atoms with Gasteiger partial charge in [-0.3, -0.25) is 10.1 Å². The number of aryl methyl sites for hydroxylation is 1. The molecule has 0 radical (unpaired) electrons. The summed E-state index contributed by atoms with van der Waals surface area (Å²) in [5.41, 5.74) is -0.733. The second-order valence-electron chi connectivity index (χ2n) is 4.26. The van der Waals surface area contributed by atoms with Gasteiger partial charge in [-0.1, -0.05) is 18.3 Å². The number of aromatic nitrogens is 2. The standard InChI is InChI=1S/C11H18N4O2S.ClH/c1-3-8-14-15-10(18-8)13-9(16)11(17-2)4-6-12-7-5-11;/h12H,3-7H2,1-2H3,(H,13,15,16);1H. The minimum Gasteiger partial charge on any atom is -0.368 e. The number of piperidine rings is 1. The zero-order valence-corrected chi connectivity index (χ0v) is 12.7. The van der Waals surface area contributed by atoms with Crippen LogP contribution in [0.5, 0.6) is 0 Å². The zero-order valence-electron chi connectivity index (χ0n) is 11.1. The van der Waals surface area contributed by atoms with Crippen LogP contribution in [0.2, 0.25) is 0 Å². The van der Waals surface area contributed by atoms with Crippen molar-refractivity contribution in [2.75, 3.05) is 25.5 Å². The van der Waals surface area contributed by atoms with Crippen LogP contribution >= 0.6 is 23.7 Å². The van der Waals surface area contributed by atoms with Gasteiger partial charge in [0, 0.05) is 7.11 Å². The highest BCUT2D eigenvalue weighted by Gasteiger charge is 2.40. The van der Waals surface area contributed by atoms with Gasteiger partial charge in [0.15, 0.2) is 0 Å². The van der Waals surface area contributed by atoms with Gasteiger partial charge in [0.2, 0.25) is 5.13 Å². The Morgan fingerprint density at radius 3 is 2.68 bits per heavy atom. The van der Waals surface area contributed by atoms with Gasteiger partial charge in [-0.15, -0.1) is 22.6 Å². The van der Waals surface area contributed by atoms with Crippen LogP contribution in [0.15, 0.2) is 0 Å². The van der Waals surface area contributed by atoms with Gasteiger partial charge in [-0.25, -0.2) is 0 Å². The van der Waals surface area contributed by atoms with E-state index in [0.29, 0.717) is 18.0 Å². The monoisotopic (exact) mass is 306 g/mol. The normalized spacial score (nSPS) is 17.6. The third kappa shape index (κ3) is 3.62. The molecule has 1 fully saturated rings. The number of hydrogen-bond acceptors (Lipinski definition) is 6. The number of rotatable bonds is 4. The summed E-state index contributed by atoms with van der Waals surface area (Å²) in [5, 5.41) is 15.4. The lowest BCUT2D eigenvalue weighted by atomic mass is 9.91. The van der Waals surface area contributed by atoms with Crippen molar-refractivity contribution in [3.05, 3.63) is 5.01 Å². The van der Waals surface area contributed by atoms with Gasteiger partial charge < -0.3 is 10.1 Å². The van der Waals surface area contributed by atoms with E-state index >= 15 is 0 Å². The maximum Gasteiger partial charge on any atom is 0.258 e. The highest BCUT2D eigenvalue weighted by atomic mass is 35.5. The Morgan fingerprint density at radius 2 is 2.16 bits per heavy atom. The van der Waals surface area contributed by atoms with Crippen molar-refractivity contribution in [3.63, 3.8) is 0 Å². The van der Waals surface area contributed by atoms with E-state index in [1.165, 1.54) is 11.3 Å². The number of anilines is 1. The first kappa shape index (κ1) is 16.3. The number of methoxy groups -OCH3 is 1. The lowest BCUT2D eigenvalue weighted by molar-refractivity contribution is -0.140. The summed E-state index contributed by atoms with van der Waals surface area (Å²) in [6, 6.07) is 0. The molecule has 2 rings (SSSR count). The van der Waals surface area contributed by atoms with E-state index in [1.807, 2.05) is 6.92 Å². The quantitative estimate of drug-likeness (QED) is 0.875. The fraction of sp³-hybridized carbons (Fsp3) is 0.727. The Morgan fingerprint density at radius 1 is 1.47 bits per heavy atom. The van der Waals surface area contributed by atoms with Crippen molar-refractivity contribution >= 4 is 34.8 Å². The van der Waals surface area contributed by atoms with E-state index in [4.69, 9.17) is 4.74 Å². The van der Waals surface area contributed by atoms with Crippen LogP contribution in [0, 0.1) is 0 Å². The molecule has 6 nitrogen and oxygen atoms in total. The molecule has 0 spiro atoms. The Bertz CT molecular complexity index is 421. The summed E-state index contributed by atoms with van der Waals surface area (Å²) in [6.07, 6.45) is 2.18. The van der Waals surface area contributed by atoms with Gasteiger partial charge in [0.1, 0.15) is 10.6 Å². The molecule has 0 aliphatic carbocycles. The molecule has 108 valence electrons. The largest absolute Gasteiger partial charge is 0.368 e. The minimum atomic E-state index is -0.733. The fourth-order valence-corrected chi connectivity index (χ4v) is 2.69. The molecule has 1 saturated heterocycles. The van der Waals surface area contributed by atoms with Crippen LogP contribution in [-0.2, 0) is 16.0 Å². The van der Waals surface area contributed by atoms with Crippen LogP contribution in [0.3, 0.4) is 0 Å². The summed E-state index contributed by atoms with van der Waals surface area (Å²) in [6.45, 7) is 3.59. The molecule has 8 heteroatoms. The molecule has 0 aromatic carbocycles. The van der Waals surface area contributed by atoms with Crippen molar-refractivity contribution in [2.24, 2.45) is 0 Å². The third-order valence-corrected chi connectivity index (χ3v) is 4.19. The topological polar surface area (TPSA) is 76.1 Å². The molecule has 1 aliphatic rings. The zero-order chi connectivity index (χ0) is 13.0. The Kier molecular flexibility index (Phi) is 6.12. The molecule has 1 aliphatic heterocycles. The van der Waals surface area contributed by atoms with E-state index in [-0.39, 0.29) is 18.3 Å². The van der Waals surface area contributed by atoms with E-state index in [0.717, 1.165) is 24.5 Å². The first-order valence-electron chi connectivity index (χ1n) is 6.10. The number of carbonyl (C=O) groups excluding carboxylic acids is 1. The number of halogens is 1. The molecule has 0 bridgehead atoms. The molecule has 1 aromatic rings. The number of ether oxygens (including phenoxy) is 1. The van der Waals surface area contributed by atoms with Crippen molar-refractivity contribution < 1.29 is 9.53 Å². The number of nitrogens with zero attached hydrogens (tertiary/aromatic N) is 2. The van der Waals surface area contributed by atoms with E-state index in [1.54, 1.807) is 7.11 Å². The number of amides is 1. The van der Waals surface area contributed by atoms with Crippen LogP contribution in [0.4, 0.5) is 5.13 Å². The number of carbonyl (C=O) groups is 1. The average molecular weight is 307 g/mol. The van der Waals surface area contributed by atoms with Crippen LogP contribution < -0.4 is 10.6 Å². The van der Waals surface area contributed by atoms with Gasteiger partial charge in [0.25, 0.3) is 5.91 Å². The first-order chi connectivity index (χ1) is 8.70. The Balaban J connectivity index is 0.00000180. The lowest BCUT2D eigenvalue weighted by Crippen LogP contribution is -2.51. The summed E-state index contributed by atoms with van der Waals surface area (Å²) in [5.74, 6) is -0.120. The molecular weight excluding hydrogens is 288 g/mol. The molecule has 2 heterocycles. The van der Waals surface area contributed by atoms with Gasteiger partial charge in [0.05, 0.1) is 0 Å². The summed E-state index contributed by atoms with van der Waals surface area (Å²) >= 11 is 1.41. The maximum atomic E-state index is 12.3. The minimum absolute atomic E-state index is 0. The summed E-state index contributed by atoms with van der Waals surface area (Å²) in [4.78, 5) is 12.3. The predicted octanol–water partition coefficient (Wildman–Crippen LogP) is 1.23. The molecule has 1 aromatic heterocycles. The molecular formula is C11H19ClN4O2S. The predicted molar refractivity (Wildman–Crippen MR) is 77.0 cm³/mol. The molecule has 0 unspecified atom stereocenters. The second kappa shape index (κ2) is 7.14. The van der Waals surface area contributed by atoms with Crippen molar-refractivity contribution in [1.82, 2.24) is 15.5 Å². The average Bonchev–Trinajstić information content (AvgIpc) is 2.87. The van der Waals surface area contributed by atoms with Gasteiger partial charge >= 0.3 is 0 Å². The molecule has 0 saturated carbocycles. The van der Waals surface area contributed by atoms with E-state index < -0.39 is 5.60 Å².